The lowest BCUT2D eigenvalue weighted by Gasteiger charge is -2.05. The zero-order valence-electron chi connectivity index (χ0n) is 11.5. The van der Waals surface area contributed by atoms with Gasteiger partial charge in [0.15, 0.2) is 6.61 Å². The first-order valence-electron chi connectivity index (χ1n) is 6.45. The van der Waals surface area contributed by atoms with Crippen molar-refractivity contribution in [1.29, 1.82) is 0 Å². The van der Waals surface area contributed by atoms with Crippen molar-refractivity contribution in [3.05, 3.63) is 54.2 Å². The van der Waals surface area contributed by atoms with Crippen LogP contribution in [0.4, 0.5) is 5.69 Å². The van der Waals surface area contributed by atoms with E-state index in [0.29, 0.717) is 23.2 Å². The maximum atomic E-state index is 5.80. The highest BCUT2D eigenvalue weighted by Crippen LogP contribution is 2.22. The zero-order valence-corrected chi connectivity index (χ0v) is 11.5. The van der Waals surface area contributed by atoms with Crippen molar-refractivity contribution in [2.24, 2.45) is 0 Å². The van der Waals surface area contributed by atoms with Crippen LogP contribution in [-0.4, -0.2) is 15.1 Å². The average molecular weight is 282 g/mol. The van der Waals surface area contributed by atoms with Crippen LogP contribution in [0, 0.1) is 6.92 Å². The molecule has 0 bridgehead atoms. The van der Waals surface area contributed by atoms with E-state index in [4.69, 9.17) is 15.0 Å². The van der Waals surface area contributed by atoms with Crippen LogP contribution in [0.5, 0.6) is 5.75 Å². The predicted octanol–water partition coefficient (Wildman–Crippen LogP) is 2.60. The number of anilines is 1. The Morgan fingerprint density at radius 1 is 1.24 bits per heavy atom. The van der Waals surface area contributed by atoms with Crippen molar-refractivity contribution in [3.8, 4) is 17.1 Å². The Hall–Kier alpha value is -2.89. The number of hydrogen-bond donors (Lipinski definition) is 1. The summed E-state index contributed by atoms with van der Waals surface area (Å²) in [5.74, 6) is 1.51. The number of benzene rings is 1. The smallest absolute Gasteiger partial charge is 0.264 e. The Balaban J connectivity index is 1.74. The Bertz CT molecular complexity index is 755. The molecule has 3 aromatic rings. The molecule has 0 amide bonds. The second kappa shape index (κ2) is 5.62. The molecule has 0 spiro atoms. The number of pyridine rings is 1. The Kier molecular flexibility index (Phi) is 3.51. The van der Waals surface area contributed by atoms with E-state index in [1.165, 1.54) is 0 Å². The summed E-state index contributed by atoms with van der Waals surface area (Å²) in [6, 6.07) is 9.11. The molecule has 0 saturated carbocycles. The predicted molar refractivity (Wildman–Crippen MR) is 77.5 cm³/mol. The van der Waals surface area contributed by atoms with Gasteiger partial charge in [0.25, 0.3) is 5.89 Å². The number of nitrogens with two attached hydrogens (primary N) is 1. The van der Waals surface area contributed by atoms with Crippen LogP contribution in [0.2, 0.25) is 0 Å². The van der Waals surface area contributed by atoms with Gasteiger partial charge in [-0.15, -0.1) is 0 Å². The number of para-hydroxylation sites is 2. The Labute approximate surface area is 121 Å². The summed E-state index contributed by atoms with van der Waals surface area (Å²) in [5.41, 5.74) is 8.25. The lowest BCUT2D eigenvalue weighted by atomic mass is 10.1. The van der Waals surface area contributed by atoms with Gasteiger partial charge in [0.05, 0.1) is 5.69 Å². The Morgan fingerprint density at radius 2 is 2.10 bits per heavy atom. The first kappa shape index (κ1) is 13.1. The topological polar surface area (TPSA) is 87.1 Å². The highest BCUT2D eigenvalue weighted by molar-refractivity contribution is 5.58. The molecule has 0 aliphatic carbocycles. The van der Waals surface area contributed by atoms with Crippen LogP contribution in [0.15, 0.2) is 47.2 Å². The number of nitrogen functional groups attached to an aromatic ring is 1. The molecule has 0 saturated heterocycles. The van der Waals surface area contributed by atoms with Gasteiger partial charge >= 0.3 is 0 Å². The second-order valence-corrected chi connectivity index (χ2v) is 4.53. The van der Waals surface area contributed by atoms with E-state index in [0.717, 1.165) is 11.1 Å². The first-order chi connectivity index (χ1) is 10.2. The van der Waals surface area contributed by atoms with Gasteiger partial charge in [-0.2, -0.15) is 4.98 Å². The maximum absolute atomic E-state index is 5.80. The number of hydrogen-bond acceptors (Lipinski definition) is 6. The highest BCUT2D eigenvalue weighted by Gasteiger charge is 2.11. The van der Waals surface area contributed by atoms with Gasteiger partial charge in [-0.1, -0.05) is 17.3 Å². The van der Waals surface area contributed by atoms with Gasteiger partial charge in [0.2, 0.25) is 5.82 Å². The van der Waals surface area contributed by atoms with Gasteiger partial charge in [0, 0.05) is 18.0 Å². The van der Waals surface area contributed by atoms with Gasteiger partial charge in [0.1, 0.15) is 5.75 Å². The van der Waals surface area contributed by atoms with Crippen molar-refractivity contribution in [2.75, 3.05) is 5.73 Å². The molecule has 0 radical (unpaired) electrons. The minimum Gasteiger partial charge on any atom is -0.482 e. The van der Waals surface area contributed by atoms with Crippen molar-refractivity contribution in [1.82, 2.24) is 15.1 Å². The van der Waals surface area contributed by atoms with Crippen molar-refractivity contribution < 1.29 is 9.26 Å². The molecule has 21 heavy (non-hydrogen) atoms. The van der Waals surface area contributed by atoms with Gasteiger partial charge in [-0.05, 0) is 30.7 Å². The molecule has 2 heterocycles. The number of rotatable bonds is 4. The van der Waals surface area contributed by atoms with Crippen molar-refractivity contribution >= 4 is 5.69 Å². The molecule has 6 nitrogen and oxygen atoms in total. The SMILES string of the molecule is Cc1cnccc1-c1noc(COc2ccccc2N)n1. The fourth-order valence-corrected chi connectivity index (χ4v) is 1.90. The summed E-state index contributed by atoms with van der Waals surface area (Å²) < 4.78 is 10.8. The van der Waals surface area contributed by atoms with Gasteiger partial charge in [-0.3, -0.25) is 4.98 Å². The zero-order chi connectivity index (χ0) is 14.7. The lowest BCUT2D eigenvalue weighted by molar-refractivity contribution is 0.244. The maximum Gasteiger partial charge on any atom is 0.264 e. The normalized spacial score (nSPS) is 10.5. The standard InChI is InChI=1S/C15H14N4O2/c1-10-8-17-7-6-11(10)15-18-14(21-19-15)9-20-13-5-3-2-4-12(13)16/h2-8H,9,16H2,1H3. The summed E-state index contributed by atoms with van der Waals surface area (Å²) in [4.78, 5) is 8.35. The highest BCUT2D eigenvalue weighted by atomic mass is 16.5. The van der Waals surface area contributed by atoms with Crippen LogP contribution in [0.1, 0.15) is 11.5 Å². The minimum absolute atomic E-state index is 0.172. The molecular formula is C15H14N4O2. The monoisotopic (exact) mass is 282 g/mol. The molecule has 0 aliphatic rings. The van der Waals surface area contributed by atoms with Crippen LogP contribution in [0.25, 0.3) is 11.4 Å². The number of aryl methyl sites for hydroxylation is 1. The summed E-state index contributed by atoms with van der Waals surface area (Å²) in [6.45, 7) is 2.12. The molecule has 0 atom stereocenters. The van der Waals surface area contributed by atoms with Crippen LogP contribution >= 0.6 is 0 Å². The summed E-state index contributed by atoms with van der Waals surface area (Å²) in [6.07, 6.45) is 3.45. The van der Waals surface area contributed by atoms with E-state index >= 15 is 0 Å². The molecule has 3 rings (SSSR count). The summed E-state index contributed by atoms with van der Waals surface area (Å²) >= 11 is 0. The Morgan fingerprint density at radius 3 is 2.90 bits per heavy atom. The van der Waals surface area contributed by atoms with E-state index in [2.05, 4.69) is 15.1 Å². The van der Waals surface area contributed by atoms with Crippen LogP contribution < -0.4 is 10.5 Å². The molecular weight excluding hydrogens is 268 g/mol. The third-order valence-electron chi connectivity index (χ3n) is 3.00. The van der Waals surface area contributed by atoms with Gasteiger partial charge < -0.3 is 15.0 Å². The molecule has 1 aromatic carbocycles. The van der Waals surface area contributed by atoms with E-state index in [1.54, 1.807) is 24.5 Å². The minimum atomic E-state index is 0.172. The molecule has 6 heteroatoms. The third kappa shape index (κ3) is 2.84. The molecule has 0 fully saturated rings. The first-order valence-corrected chi connectivity index (χ1v) is 6.45. The molecule has 2 aromatic heterocycles. The van der Waals surface area contributed by atoms with Crippen molar-refractivity contribution in [2.45, 2.75) is 13.5 Å². The third-order valence-corrected chi connectivity index (χ3v) is 3.00. The second-order valence-electron chi connectivity index (χ2n) is 4.53. The molecule has 0 aliphatic heterocycles. The van der Waals surface area contributed by atoms with Gasteiger partial charge in [-0.25, -0.2) is 0 Å². The van der Waals surface area contributed by atoms with Crippen LogP contribution in [0.3, 0.4) is 0 Å². The van der Waals surface area contributed by atoms with E-state index in [-0.39, 0.29) is 6.61 Å². The number of nitrogens with zero attached hydrogens (tertiary/aromatic N) is 3. The largest absolute Gasteiger partial charge is 0.482 e. The molecule has 0 unspecified atom stereocenters. The van der Waals surface area contributed by atoms with Crippen molar-refractivity contribution in [3.63, 3.8) is 0 Å². The fraction of sp³-hybridized carbons (Fsp3) is 0.133. The quantitative estimate of drug-likeness (QED) is 0.740. The molecule has 106 valence electrons. The molecule has 2 N–H and O–H groups in total. The van der Waals surface area contributed by atoms with Crippen LogP contribution in [-0.2, 0) is 6.61 Å². The summed E-state index contributed by atoms with van der Waals surface area (Å²) in [7, 11) is 0. The average Bonchev–Trinajstić information content (AvgIpc) is 2.96. The van der Waals surface area contributed by atoms with E-state index in [9.17, 15) is 0 Å². The fourth-order valence-electron chi connectivity index (χ4n) is 1.90. The number of aromatic nitrogens is 3. The number of ether oxygens (including phenoxy) is 1. The lowest BCUT2D eigenvalue weighted by Crippen LogP contribution is -1.98. The summed E-state index contributed by atoms with van der Waals surface area (Å²) in [5, 5.41) is 3.96. The van der Waals surface area contributed by atoms with E-state index in [1.807, 2.05) is 25.1 Å². The van der Waals surface area contributed by atoms with E-state index < -0.39 is 0 Å².